The first-order valence-corrected chi connectivity index (χ1v) is 17.7. The summed E-state index contributed by atoms with van der Waals surface area (Å²) in [6.07, 6.45) is 11.6. The van der Waals surface area contributed by atoms with Crippen LogP contribution in [0.25, 0.3) is 0 Å². The van der Waals surface area contributed by atoms with E-state index in [9.17, 15) is 9.59 Å². The molecule has 0 fully saturated rings. The molecule has 280 valence electrons. The van der Waals surface area contributed by atoms with E-state index in [0.29, 0.717) is 125 Å². The van der Waals surface area contributed by atoms with Gasteiger partial charge in [0, 0.05) is 13.3 Å². The first-order valence-electron chi connectivity index (χ1n) is 17.7. The highest BCUT2D eigenvalue weighted by atomic mass is 16.6. The molecule has 13 nitrogen and oxygen atoms in total. The van der Waals surface area contributed by atoms with Crippen LogP contribution in [0.4, 0.5) is 0 Å². The Hall–Kier alpha value is -1.42. The third-order valence-corrected chi connectivity index (χ3v) is 6.48. The van der Waals surface area contributed by atoms with Crippen LogP contribution in [-0.2, 0) is 61.7 Å². The highest BCUT2D eigenvalue weighted by Gasteiger charge is 2.03. The van der Waals surface area contributed by atoms with Gasteiger partial charge in [0.2, 0.25) is 0 Å². The maximum atomic E-state index is 11.8. The van der Waals surface area contributed by atoms with E-state index in [4.69, 9.17) is 52.1 Å². The summed E-state index contributed by atoms with van der Waals surface area (Å²) >= 11 is 0. The summed E-state index contributed by atoms with van der Waals surface area (Å²) in [5, 5.41) is 0. The highest BCUT2D eigenvalue weighted by molar-refractivity contribution is 5.69. The van der Waals surface area contributed by atoms with Crippen LogP contribution < -0.4 is 0 Å². The fourth-order valence-electron chi connectivity index (χ4n) is 3.97. The average molecular weight is 683 g/mol. The number of esters is 2. The van der Waals surface area contributed by atoms with Gasteiger partial charge in [-0.3, -0.25) is 9.59 Å². The molecule has 0 saturated heterocycles. The average Bonchev–Trinajstić information content (AvgIpc) is 3.06. The fraction of sp³-hybridized carbons (Fsp3) is 0.941. The first kappa shape index (κ1) is 45.6. The fourth-order valence-corrected chi connectivity index (χ4v) is 3.97. The molecule has 0 aromatic rings. The monoisotopic (exact) mass is 682 g/mol. The lowest BCUT2D eigenvalue weighted by atomic mass is 10.1. The summed E-state index contributed by atoms with van der Waals surface area (Å²) in [5.74, 6) is -0.452. The molecule has 0 aromatic carbocycles. The van der Waals surface area contributed by atoms with Gasteiger partial charge in [0.15, 0.2) is 0 Å². The third kappa shape index (κ3) is 42.6. The van der Waals surface area contributed by atoms with Crippen LogP contribution in [0.15, 0.2) is 0 Å². The van der Waals surface area contributed by atoms with E-state index in [1.807, 2.05) is 0 Å². The Kier molecular flexibility index (Phi) is 39.5. The zero-order chi connectivity index (χ0) is 34.1. The summed E-state index contributed by atoms with van der Waals surface area (Å²) < 4.78 is 58.8. The Morgan fingerprint density at radius 3 is 0.894 bits per heavy atom. The van der Waals surface area contributed by atoms with Crippen LogP contribution in [0.5, 0.6) is 0 Å². The second-order valence-electron chi connectivity index (χ2n) is 10.7. The van der Waals surface area contributed by atoms with Crippen LogP contribution in [0.3, 0.4) is 0 Å². The molecular formula is C34H66O13. The van der Waals surface area contributed by atoms with Gasteiger partial charge in [-0.05, 0) is 6.42 Å². The zero-order valence-electron chi connectivity index (χ0n) is 29.5. The SMILES string of the molecule is CCCCCCCCCCCC(=O)OCCOCCOCCOCCOCCOCCOCCOCCOCCOCCOC(C)=O. The minimum atomic E-state index is -0.312. The Morgan fingerprint density at radius 1 is 0.340 bits per heavy atom. The van der Waals surface area contributed by atoms with E-state index in [1.165, 1.54) is 51.9 Å². The molecule has 0 aromatic heterocycles. The number of ether oxygens (including phenoxy) is 11. The minimum absolute atomic E-state index is 0.139. The van der Waals surface area contributed by atoms with Crippen LogP contribution >= 0.6 is 0 Å². The molecule has 0 spiro atoms. The number of hydrogen-bond acceptors (Lipinski definition) is 13. The summed E-state index contributed by atoms with van der Waals surface area (Å²) in [4.78, 5) is 22.4. The number of rotatable bonds is 40. The summed E-state index contributed by atoms with van der Waals surface area (Å²) in [6.45, 7) is 12.6. The molecule has 0 radical (unpaired) electrons. The van der Waals surface area contributed by atoms with Gasteiger partial charge in [0.25, 0.3) is 0 Å². The zero-order valence-corrected chi connectivity index (χ0v) is 29.5. The first-order chi connectivity index (χ1) is 23.2. The van der Waals surface area contributed by atoms with Gasteiger partial charge in [0.1, 0.15) is 13.2 Å². The predicted molar refractivity (Wildman–Crippen MR) is 177 cm³/mol. The molecule has 13 heteroatoms. The molecule has 0 bridgehead atoms. The molecule has 0 aliphatic heterocycles. The second-order valence-corrected chi connectivity index (χ2v) is 10.7. The largest absolute Gasteiger partial charge is 0.463 e. The summed E-state index contributed by atoms with van der Waals surface area (Å²) in [6, 6.07) is 0. The number of hydrogen-bond donors (Lipinski definition) is 0. The van der Waals surface area contributed by atoms with E-state index in [1.54, 1.807) is 0 Å². The molecule has 0 heterocycles. The van der Waals surface area contributed by atoms with Crippen molar-refractivity contribution in [3.05, 3.63) is 0 Å². The van der Waals surface area contributed by atoms with Crippen molar-refractivity contribution in [1.29, 1.82) is 0 Å². The van der Waals surface area contributed by atoms with Gasteiger partial charge in [0.05, 0.1) is 119 Å². The van der Waals surface area contributed by atoms with Gasteiger partial charge in [-0.15, -0.1) is 0 Å². The normalized spacial score (nSPS) is 11.3. The molecule has 0 rings (SSSR count). The molecule has 0 atom stereocenters. The van der Waals surface area contributed by atoms with Crippen LogP contribution in [0.2, 0.25) is 0 Å². The minimum Gasteiger partial charge on any atom is -0.463 e. The standard InChI is InChI=1S/C34H66O13/c1-3-4-5-6-7-8-9-10-11-12-34(36)47-32-30-45-28-26-43-24-22-41-20-18-39-16-14-37-13-15-38-17-19-40-21-23-42-25-27-44-29-31-46-33(2)35/h3-32H2,1-2H3. The number of unbranched alkanes of at least 4 members (excludes halogenated alkanes) is 8. The van der Waals surface area contributed by atoms with Crippen molar-refractivity contribution in [3.8, 4) is 0 Å². The van der Waals surface area contributed by atoms with Crippen molar-refractivity contribution >= 4 is 11.9 Å². The molecule has 0 amide bonds. The van der Waals surface area contributed by atoms with Crippen LogP contribution in [0, 0.1) is 0 Å². The Morgan fingerprint density at radius 2 is 0.596 bits per heavy atom. The van der Waals surface area contributed by atoms with Crippen molar-refractivity contribution in [2.24, 2.45) is 0 Å². The van der Waals surface area contributed by atoms with Gasteiger partial charge in [-0.2, -0.15) is 0 Å². The van der Waals surface area contributed by atoms with Crippen molar-refractivity contribution in [3.63, 3.8) is 0 Å². The number of carbonyl (C=O) groups is 2. The Balaban J connectivity index is 3.11. The summed E-state index contributed by atoms with van der Waals surface area (Å²) in [5.41, 5.74) is 0. The molecule has 0 saturated carbocycles. The quantitative estimate of drug-likeness (QED) is 0.0677. The lowest BCUT2D eigenvalue weighted by molar-refractivity contribution is -0.145. The van der Waals surface area contributed by atoms with Gasteiger partial charge < -0.3 is 52.1 Å². The molecule has 0 aliphatic carbocycles. The maximum Gasteiger partial charge on any atom is 0.305 e. The van der Waals surface area contributed by atoms with Gasteiger partial charge >= 0.3 is 11.9 Å². The van der Waals surface area contributed by atoms with Gasteiger partial charge in [-0.1, -0.05) is 58.3 Å². The van der Waals surface area contributed by atoms with Crippen molar-refractivity contribution in [2.75, 3.05) is 132 Å². The second kappa shape index (κ2) is 40.8. The van der Waals surface area contributed by atoms with E-state index in [2.05, 4.69) is 6.92 Å². The third-order valence-electron chi connectivity index (χ3n) is 6.48. The lowest BCUT2D eigenvalue weighted by Crippen LogP contribution is -2.15. The van der Waals surface area contributed by atoms with E-state index in [-0.39, 0.29) is 25.2 Å². The van der Waals surface area contributed by atoms with Crippen molar-refractivity contribution in [1.82, 2.24) is 0 Å². The van der Waals surface area contributed by atoms with E-state index >= 15 is 0 Å². The number of carbonyl (C=O) groups excluding carboxylic acids is 2. The highest BCUT2D eigenvalue weighted by Crippen LogP contribution is 2.10. The Bertz CT molecular complexity index is 639. The molecule has 0 unspecified atom stereocenters. The van der Waals surface area contributed by atoms with Crippen molar-refractivity contribution < 1.29 is 61.7 Å². The maximum absolute atomic E-state index is 11.8. The Labute approximate surface area is 283 Å². The van der Waals surface area contributed by atoms with Crippen molar-refractivity contribution in [2.45, 2.75) is 78.1 Å². The molecule has 0 aliphatic rings. The van der Waals surface area contributed by atoms with E-state index < -0.39 is 0 Å². The molecule has 0 N–H and O–H groups in total. The molecular weight excluding hydrogens is 616 g/mol. The lowest BCUT2D eigenvalue weighted by Gasteiger charge is -2.09. The van der Waals surface area contributed by atoms with Gasteiger partial charge in [-0.25, -0.2) is 0 Å². The molecule has 47 heavy (non-hydrogen) atoms. The smallest absolute Gasteiger partial charge is 0.305 e. The predicted octanol–water partition coefficient (Wildman–Crippen LogP) is 4.16. The van der Waals surface area contributed by atoms with E-state index in [0.717, 1.165) is 12.8 Å². The summed E-state index contributed by atoms with van der Waals surface area (Å²) in [7, 11) is 0. The topological polar surface area (TPSA) is 136 Å². The van der Waals surface area contributed by atoms with Crippen LogP contribution in [0.1, 0.15) is 78.1 Å². The van der Waals surface area contributed by atoms with Crippen LogP contribution in [-0.4, -0.2) is 144 Å².